The summed E-state index contributed by atoms with van der Waals surface area (Å²) in [6.07, 6.45) is 3.26. The minimum atomic E-state index is -0.436. The number of fused-ring (bicyclic) bond motifs is 1. The summed E-state index contributed by atoms with van der Waals surface area (Å²) >= 11 is 0. The maximum atomic E-state index is 12.9. The standard InChI is InChI=1S/C22H24N6O5/c1-14(30)33-10-8-28-17(7-9-29)16(22(28)32)11-27-13-25-19-18(23-12-24-19)20(27)26-21(31)15-5-3-2-4-6-15/h2-6,12-13,16-17,29H,7-11H2,1H3,(H,26,31). The molecule has 1 fully saturated rings. The Hall–Kier alpha value is -3.86. The lowest BCUT2D eigenvalue weighted by Gasteiger charge is -2.47. The number of rotatable bonds is 9. The Morgan fingerprint density at radius 3 is 2.70 bits per heavy atom. The SMILES string of the molecule is CC(=O)OCCN1C(=O)C(Cn2cnc3ncnc-3c2NC(=O)c2ccccc2)C1CCO. The molecule has 3 aliphatic heterocycles. The number of hydrogen-bond donors (Lipinski definition) is 2. The summed E-state index contributed by atoms with van der Waals surface area (Å²) in [5.41, 5.74) is 0.891. The van der Waals surface area contributed by atoms with E-state index in [9.17, 15) is 19.5 Å². The number of nitrogens with zero attached hydrogens (tertiary/aromatic N) is 5. The number of β-lactam (4-membered cyclic amide) rings is 1. The van der Waals surface area contributed by atoms with Gasteiger partial charge in [0.1, 0.15) is 18.8 Å². The lowest BCUT2D eigenvalue weighted by atomic mass is 9.85. The second kappa shape index (κ2) is 9.74. The van der Waals surface area contributed by atoms with Crippen molar-refractivity contribution in [3.8, 4) is 11.5 Å². The Kier molecular flexibility index (Phi) is 6.59. The molecule has 0 bridgehead atoms. The Bertz CT molecular complexity index is 1120. The van der Waals surface area contributed by atoms with Crippen LogP contribution < -0.4 is 5.32 Å². The summed E-state index contributed by atoms with van der Waals surface area (Å²) < 4.78 is 6.62. The number of amides is 2. The molecule has 1 saturated heterocycles. The third-order valence-corrected chi connectivity index (χ3v) is 5.60. The number of likely N-dealkylation sites (tertiary alicyclic amines) is 1. The largest absolute Gasteiger partial charge is 0.464 e. The van der Waals surface area contributed by atoms with Crippen molar-refractivity contribution in [2.45, 2.75) is 25.9 Å². The van der Waals surface area contributed by atoms with Gasteiger partial charge in [-0.1, -0.05) is 18.2 Å². The number of nitrogens with one attached hydrogen (secondary N) is 1. The molecule has 172 valence electrons. The monoisotopic (exact) mass is 452 g/mol. The molecule has 0 saturated carbocycles. The molecule has 0 aromatic heterocycles. The van der Waals surface area contributed by atoms with Crippen LogP contribution in [-0.2, 0) is 20.9 Å². The van der Waals surface area contributed by atoms with Crippen LogP contribution >= 0.6 is 0 Å². The van der Waals surface area contributed by atoms with Crippen molar-refractivity contribution in [2.24, 2.45) is 5.92 Å². The van der Waals surface area contributed by atoms with Gasteiger partial charge in [0.25, 0.3) is 5.91 Å². The zero-order valence-electron chi connectivity index (χ0n) is 18.0. The smallest absolute Gasteiger partial charge is 0.302 e. The van der Waals surface area contributed by atoms with Crippen LogP contribution in [0, 0.1) is 5.92 Å². The molecule has 11 heteroatoms. The van der Waals surface area contributed by atoms with E-state index in [0.717, 1.165) is 0 Å². The number of imidazole rings is 1. The Labute approximate surface area is 189 Å². The van der Waals surface area contributed by atoms with Crippen LogP contribution in [0.25, 0.3) is 11.5 Å². The number of carbonyl (C=O) groups is 3. The van der Waals surface area contributed by atoms with Crippen LogP contribution in [0.15, 0.2) is 43.0 Å². The van der Waals surface area contributed by atoms with Crippen LogP contribution in [0.1, 0.15) is 23.7 Å². The van der Waals surface area contributed by atoms with Gasteiger partial charge in [-0.15, -0.1) is 0 Å². The molecule has 1 aromatic rings. The molecule has 2 N–H and O–H groups in total. The number of ether oxygens (including phenoxy) is 1. The van der Waals surface area contributed by atoms with Crippen LogP contribution in [0.5, 0.6) is 0 Å². The molecular weight excluding hydrogens is 428 g/mol. The van der Waals surface area contributed by atoms with E-state index in [1.54, 1.807) is 33.7 Å². The molecule has 4 rings (SSSR count). The van der Waals surface area contributed by atoms with Crippen molar-refractivity contribution in [1.82, 2.24) is 24.4 Å². The van der Waals surface area contributed by atoms with Gasteiger partial charge in [0, 0.05) is 31.7 Å². The van der Waals surface area contributed by atoms with Gasteiger partial charge in [0.05, 0.1) is 18.8 Å². The third-order valence-electron chi connectivity index (χ3n) is 5.60. The first-order chi connectivity index (χ1) is 16.0. The number of aromatic nitrogens is 4. The molecule has 2 atom stereocenters. The van der Waals surface area contributed by atoms with Gasteiger partial charge in [-0.25, -0.2) is 15.0 Å². The average molecular weight is 452 g/mol. The molecule has 1 aromatic carbocycles. The average Bonchev–Trinajstić information content (AvgIpc) is 3.30. The fourth-order valence-corrected chi connectivity index (χ4v) is 4.02. The molecule has 3 heterocycles. The number of hydrogen-bond acceptors (Lipinski definition) is 8. The predicted molar refractivity (Wildman–Crippen MR) is 116 cm³/mol. The van der Waals surface area contributed by atoms with Crippen LogP contribution in [0.3, 0.4) is 0 Å². The van der Waals surface area contributed by atoms with Crippen LogP contribution in [0.2, 0.25) is 0 Å². The molecule has 0 spiro atoms. The first-order valence-corrected chi connectivity index (χ1v) is 10.6. The molecule has 11 nitrogen and oxygen atoms in total. The zero-order valence-corrected chi connectivity index (χ0v) is 18.0. The highest BCUT2D eigenvalue weighted by atomic mass is 16.5. The molecule has 3 aliphatic rings. The number of aliphatic hydroxyl groups excluding tert-OH is 1. The summed E-state index contributed by atoms with van der Waals surface area (Å²) in [7, 11) is 0. The van der Waals surface area contributed by atoms with E-state index in [2.05, 4.69) is 20.3 Å². The van der Waals surface area contributed by atoms with Crippen LogP contribution in [0.4, 0.5) is 5.82 Å². The Balaban J connectivity index is 1.56. The highest BCUT2D eigenvalue weighted by Crippen LogP contribution is 2.33. The molecule has 33 heavy (non-hydrogen) atoms. The minimum Gasteiger partial charge on any atom is -0.464 e. The van der Waals surface area contributed by atoms with Gasteiger partial charge in [-0.3, -0.25) is 14.4 Å². The number of aliphatic hydroxyl groups is 1. The van der Waals surface area contributed by atoms with E-state index < -0.39 is 11.9 Å². The van der Waals surface area contributed by atoms with Gasteiger partial charge >= 0.3 is 5.97 Å². The topological polar surface area (TPSA) is 140 Å². The molecule has 2 amide bonds. The summed E-state index contributed by atoms with van der Waals surface area (Å²) in [5, 5.41) is 12.4. The van der Waals surface area contributed by atoms with E-state index in [0.29, 0.717) is 29.3 Å². The van der Waals surface area contributed by atoms with E-state index in [4.69, 9.17) is 4.74 Å². The van der Waals surface area contributed by atoms with Crippen molar-refractivity contribution in [3.63, 3.8) is 0 Å². The quantitative estimate of drug-likeness (QED) is 0.359. The minimum absolute atomic E-state index is 0.0909. The van der Waals surface area contributed by atoms with Gasteiger partial charge in [-0.2, -0.15) is 0 Å². The summed E-state index contributed by atoms with van der Waals surface area (Å²) in [5.74, 6) is -0.529. The maximum absolute atomic E-state index is 12.9. The second-order valence-electron chi connectivity index (χ2n) is 7.67. The fraction of sp³-hybridized carbons (Fsp3) is 0.364. The normalized spacial score (nSPS) is 17.6. The first-order valence-electron chi connectivity index (χ1n) is 10.6. The molecule has 0 radical (unpaired) electrons. The lowest BCUT2D eigenvalue weighted by Crippen LogP contribution is -2.63. The third kappa shape index (κ3) is 4.67. The Morgan fingerprint density at radius 1 is 1.18 bits per heavy atom. The van der Waals surface area contributed by atoms with Crippen molar-refractivity contribution in [1.29, 1.82) is 0 Å². The summed E-state index contributed by atoms with van der Waals surface area (Å²) in [6, 6.07) is 8.52. The van der Waals surface area contributed by atoms with Gasteiger partial charge in [-0.05, 0) is 18.6 Å². The Morgan fingerprint density at radius 2 is 1.97 bits per heavy atom. The molecule has 2 unspecified atom stereocenters. The zero-order chi connectivity index (χ0) is 23.4. The highest BCUT2D eigenvalue weighted by Gasteiger charge is 2.46. The van der Waals surface area contributed by atoms with E-state index in [1.807, 2.05) is 6.07 Å². The van der Waals surface area contributed by atoms with E-state index in [-0.39, 0.29) is 44.2 Å². The predicted octanol–water partition coefficient (Wildman–Crippen LogP) is 0.803. The molecular formula is C22H24N6O5. The maximum Gasteiger partial charge on any atom is 0.302 e. The molecule has 0 aliphatic carbocycles. The lowest BCUT2D eigenvalue weighted by molar-refractivity contribution is -0.161. The van der Waals surface area contributed by atoms with Crippen molar-refractivity contribution in [2.75, 3.05) is 25.1 Å². The summed E-state index contributed by atoms with van der Waals surface area (Å²) in [4.78, 5) is 50.9. The first kappa shape index (κ1) is 22.3. The van der Waals surface area contributed by atoms with Crippen molar-refractivity contribution in [3.05, 3.63) is 48.5 Å². The van der Waals surface area contributed by atoms with Gasteiger partial charge in [0.2, 0.25) is 5.91 Å². The highest BCUT2D eigenvalue weighted by molar-refractivity contribution is 6.05. The van der Waals surface area contributed by atoms with Crippen molar-refractivity contribution < 1.29 is 24.2 Å². The fourth-order valence-electron chi connectivity index (χ4n) is 4.02. The summed E-state index contributed by atoms with van der Waals surface area (Å²) in [6.45, 7) is 1.80. The number of benzene rings is 1. The van der Waals surface area contributed by atoms with Crippen LogP contribution in [-0.4, -0.2) is 73.1 Å². The van der Waals surface area contributed by atoms with E-state index in [1.165, 1.54) is 19.6 Å². The van der Waals surface area contributed by atoms with Gasteiger partial charge in [0.15, 0.2) is 11.5 Å². The van der Waals surface area contributed by atoms with Crippen molar-refractivity contribution >= 4 is 23.6 Å². The number of carbonyl (C=O) groups excluding carboxylic acids is 3. The van der Waals surface area contributed by atoms with E-state index >= 15 is 0 Å². The second-order valence-corrected chi connectivity index (χ2v) is 7.67. The number of esters is 1. The van der Waals surface area contributed by atoms with Gasteiger partial charge < -0.3 is 24.6 Å². The number of anilines is 1.